The topological polar surface area (TPSA) is 79.0 Å². The smallest absolute Gasteiger partial charge is 0.264 e. The molecule has 5 nitrogen and oxygen atoms in total. The van der Waals surface area contributed by atoms with E-state index in [-0.39, 0.29) is 5.75 Å². The maximum absolute atomic E-state index is 9.56. The lowest BCUT2D eigenvalue weighted by molar-refractivity contribution is -0.858. The van der Waals surface area contributed by atoms with Crippen molar-refractivity contribution in [1.82, 2.24) is 0 Å². The van der Waals surface area contributed by atoms with Crippen LogP contribution in [0.1, 0.15) is 6.92 Å². The minimum absolute atomic E-state index is 0.201. The number of rotatable bonds is 3. The zero-order chi connectivity index (χ0) is 10.2. The first kappa shape index (κ1) is 14.4. The van der Waals surface area contributed by atoms with E-state index in [0.717, 1.165) is 6.54 Å². The largest absolute Gasteiger partial charge is 0.391 e. The first-order valence-corrected chi connectivity index (χ1v) is 5.29. The van der Waals surface area contributed by atoms with Crippen LogP contribution in [0.4, 0.5) is 0 Å². The number of aliphatic hydroxyl groups excluding tert-OH is 1. The molecule has 0 saturated heterocycles. The molecule has 0 heterocycles. The van der Waals surface area contributed by atoms with Crippen molar-refractivity contribution in [3.8, 4) is 0 Å². The lowest BCUT2D eigenvalue weighted by Gasteiger charge is -2.00. The van der Waals surface area contributed by atoms with Crippen LogP contribution in [-0.2, 0) is 10.1 Å². The normalized spacial score (nSPS) is 10.8. The van der Waals surface area contributed by atoms with E-state index in [1.165, 1.54) is 11.8 Å². The van der Waals surface area contributed by atoms with Crippen LogP contribution >= 0.6 is 0 Å². The highest BCUT2D eigenvalue weighted by Crippen LogP contribution is 1.74. The highest BCUT2D eigenvalue weighted by atomic mass is 32.2. The molecule has 0 saturated carbocycles. The molecule has 0 rings (SSSR count). The van der Waals surface area contributed by atoms with Gasteiger partial charge in [0.05, 0.1) is 26.5 Å². The number of aliphatic hydroxyl groups is 1. The summed E-state index contributed by atoms with van der Waals surface area (Å²) in [6, 6.07) is 0. The Labute approximate surface area is 73.8 Å². The molecule has 0 spiro atoms. The molecule has 0 aromatic heterocycles. The Morgan fingerprint density at radius 2 is 1.67 bits per heavy atom. The number of nitrogens with one attached hydrogen (secondary N) is 1. The zero-order valence-electron chi connectivity index (χ0n) is 7.74. The van der Waals surface area contributed by atoms with Gasteiger partial charge in [-0.05, 0) is 6.92 Å². The van der Waals surface area contributed by atoms with Crippen LogP contribution in [0.5, 0.6) is 0 Å². The molecule has 0 aliphatic carbocycles. The fourth-order valence-electron chi connectivity index (χ4n) is 0.224. The molecule has 76 valence electrons. The van der Waals surface area contributed by atoms with Crippen molar-refractivity contribution in [3.05, 3.63) is 0 Å². The minimum Gasteiger partial charge on any atom is -0.391 e. The summed E-state index contributed by atoms with van der Waals surface area (Å²) in [6.07, 6.45) is 0. The summed E-state index contributed by atoms with van der Waals surface area (Å²) in [7, 11) is 0.358. The molecule has 0 aliphatic heterocycles. The Hall–Kier alpha value is -0.170. The summed E-state index contributed by atoms with van der Waals surface area (Å²) in [6.45, 7) is 2.51. The average Bonchev–Trinajstić information content (AvgIpc) is 1.87. The number of hydrogen-bond acceptors (Lipinski definition) is 3. The average molecular weight is 200 g/mol. The van der Waals surface area contributed by atoms with Gasteiger partial charge in [-0.15, -0.1) is 0 Å². The van der Waals surface area contributed by atoms with Crippen molar-refractivity contribution in [3.63, 3.8) is 0 Å². The molecular formula is C6H18NO4S+. The highest BCUT2D eigenvalue weighted by molar-refractivity contribution is 7.85. The molecule has 0 aliphatic rings. The first-order chi connectivity index (χ1) is 5.33. The SMILES string of the molecule is CCS(=O)(=O)O.C[NH+](C)CCO. The Morgan fingerprint density at radius 3 is 1.67 bits per heavy atom. The van der Waals surface area contributed by atoms with Crippen molar-refractivity contribution in [2.24, 2.45) is 0 Å². The molecule has 12 heavy (non-hydrogen) atoms. The third-order valence-corrected chi connectivity index (χ3v) is 1.71. The van der Waals surface area contributed by atoms with E-state index in [1.54, 1.807) is 0 Å². The molecule has 0 atom stereocenters. The van der Waals surface area contributed by atoms with Gasteiger partial charge >= 0.3 is 0 Å². The first-order valence-electron chi connectivity index (χ1n) is 3.68. The second-order valence-electron chi connectivity index (χ2n) is 2.55. The van der Waals surface area contributed by atoms with Crippen molar-refractivity contribution in [2.75, 3.05) is 33.0 Å². The summed E-state index contributed by atoms with van der Waals surface area (Å²) in [4.78, 5) is 1.29. The zero-order valence-corrected chi connectivity index (χ0v) is 8.56. The molecule has 0 amide bonds. The third kappa shape index (κ3) is 22.5. The third-order valence-electron chi connectivity index (χ3n) is 0.977. The lowest BCUT2D eigenvalue weighted by atomic mass is 10.6. The van der Waals surface area contributed by atoms with Crippen molar-refractivity contribution in [2.45, 2.75) is 6.92 Å². The summed E-state index contributed by atoms with van der Waals surface area (Å²) in [5, 5.41) is 8.22. The molecule has 3 N–H and O–H groups in total. The maximum atomic E-state index is 9.56. The van der Waals surface area contributed by atoms with Gasteiger partial charge in [-0.1, -0.05) is 0 Å². The number of hydrogen-bond donors (Lipinski definition) is 3. The Bertz CT molecular complexity index is 176. The quantitative estimate of drug-likeness (QED) is 0.461. The van der Waals surface area contributed by atoms with Crippen LogP contribution in [-0.4, -0.2) is 51.1 Å². The van der Waals surface area contributed by atoms with E-state index in [9.17, 15) is 8.42 Å². The van der Waals surface area contributed by atoms with Gasteiger partial charge in [0, 0.05) is 0 Å². The molecular weight excluding hydrogens is 182 g/mol. The van der Waals surface area contributed by atoms with Crippen LogP contribution in [0.25, 0.3) is 0 Å². The van der Waals surface area contributed by atoms with Crippen LogP contribution in [0.15, 0.2) is 0 Å². The standard InChI is InChI=1S/C4H11NO.C2H6O3S/c1-5(2)3-4-6;1-2-6(3,4)5/h6H,3-4H2,1-2H3;2H2,1H3,(H,3,4,5)/p+1. The van der Waals surface area contributed by atoms with Crippen LogP contribution in [0.2, 0.25) is 0 Å². The van der Waals surface area contributed by atoms with Crippen molar-refractivity contribution >= 4 is 10.1 Å². The molecule has 0 radical (unpaired) electrons. The van der Waals surface area contributed by atoms with E-state index < -0.39 is 10.1 Å². The van der Waals surface area contributed by atoms with E-state index in [4.69, 9.17) is 9.66 Å². The predicted octanol–water partition coefficient (Wildman–Crippen LogP) is -1.98. The monoisotopic (exact) mass is 200 g/mol. The summed E-state index contributed by atoms with van der Waals surface area (Å²) in [5.74, 6) is -0.201. The van der Waals surface area contributed by atoms with E-state index in [1.807, 2.05) is 14.1 Å². The van der Waals surface area contributed by atoms with Gasteiger partial charge in [-0.3, -0.25) is 4.55 Å². The van der Waals surface area contributed by atoms with Gasteiger partial charge in [-0.25, -0.2) is 0 Å². The number of quaternary nitrogens is 1. The second kappa shape index (κ2) is 7.48. The van der Waals surface area contributed by atoms with Crippen LogP contribution in [0, 0.1) is 0 Å². The Morgan fingerprint density at radius 1 is 1.33 bits per heavy atom. The summed E-state index contributed by atoms with van der Waals surface area (Å²) in [5.41, 5.74) is 0. The molecule has 0 bridgehead atoms. The predicted molar refractivity (Wildman–Crippen MR) is 46.9 cm³/mol. The Balaban J connectivity index is 0. The van der Waals surface area contributed by atoms with Crippen molar-refractivity contribution in [1.29, 1.82) is 0 Å². The Kier molecular flexibility index (Phi) is 8.95. The van der Waals surface area contributed by atoms with E-state index in [2.05, 4.69) is 0 Å². The molecule has 6 heteroatoms. The van der Waals surface area contributed by atoms with Crippen LogP contribution in [0.3, 0.4) is 0 Å². The van der Waals surface area contributed by atoms with Gasteiger partial charge < -0.3 is 10.0 Å². The minimum atomic E-state index is -3.66. The summed E-state index contributed by atoms with van der Waals surface area (Å²) < 4.78 is 26.9. The maximum Gasteiger partial charge on any atom is 0.264 e. The van der Waals surface area contributed by atoms with Gasteiger partial charge in [-0.2, -0.15) is 8.42 Å². The van der Waals surface area contributed by atoms with Crippen LogP contribution < -0.4 is 4.90 Å². The van der Waals surface area contributed by atoms with Gasteiger partial charge in [0.1, 0.15) is 6.54 Å². The number of likely N-dealkylation sites (N-methyl/N-ethyl adjacent to an activating group) is 1. The van der Waals surface area contributed by atoms with Gasteiger partial charge in [0.25, 0.3) is 10.1 Å². The fraction of sp³-hybridized carbons (Fsp3) is 1.00. The second-order valence-corrected chi connectivity index (χ2v) is 4.29. The van der Waals surface area contributed by atoms with E-state index in [0.29, 0.717) is 6.61 Å². The summed E-state index contributed by atoms with van der Waals surface area (Å²) >= 11 is 0. The lowest BCUT2D eigenvalue weighted by Crippen LogP contribution is -3.06. The van der Waals surface area contributed by atoms with Gasteiger partial charge in [0.15, 0.2) is 0 Å². The molecule has 0 unspecified atom stereocenters. The molecule has 0 aromatic carbocycles. The molecule has 0 aromatic rings. The molecule has 0 fully saturated rings. The van der Waals surface area contributed by atoms with Gasteiger partial charge in [0.2, 0.25) is 0 Å². The van der Waals surface area contributed by atoms with Crippen molar-refractivity contribution < 1.29 is 23.0 Å². The fourth-order valence-corrected chi connectivity index (χ4v) is 0.224. The highest BCUT2D eigenvalue weighted by Gasteiger charge is 1.93. The van der Waals surface area contributed by atoms with E-state index >= 15 is 0 Å².